The molecule has 0 N–H and O–H groups in total. The number of alkyl halides is 3. The second-order valence-electron chi connectivity index (χ2n) is 3.03. The summed E-state index contributed by atoms with van der Waals surface area (Å²) in [5.41, 5.74) is -3.65. The van der Waals surface area contributed by atoms with Crippen LogP contribution >= 0.6 is 34.4 Å². The summed E-state index contributed by atoms with van der Waals surface area (Å²) in [6, 6.07) is 7.19. The average molecular weight is 376 g/mol. The van der Waals surface area contributed by atoms with Crippen molar-refractivity contribution in [3.8, 4) is 0 Å². The summed E-state index contributed by atoms with van der Waals surface area (Å²) < 4.78 is 41.0. The highest BCUT2D eigenvalue weighted by molar-refractivity contribution is 14.1. The van der Waals surface area contributed by atoms with Gasteiger partial charge >= 0.3 is 11.5 Å². The molecule has 17 heavy (non-hydrogen) atoms. The van der Waals surface area contributed by atoms with E-state index in [0.29, 0.717) is 0 Å². The van der Waals surface area contributed by atoms with E-state index in [4.69, 9.17) is 4.74 Å². The first-order valence-corrected chi connectivity index (χ1v) is 6.54. The minimum atomic E-state index is -4.40. The van der Waals surface area contributed by atoms with Crippen LogP contribution in [-0.2, 0) is 16.1 Å². The Hall–Kier alpha value is -0.440. The fourth-order valence-corrected chi connectivity index (χ4v) is 1.95. The third-order valence-corrected chi connectivity index (χ3v) is 3.02. The molecule has 0 amide bonds. The van der Waals surface area contributed by atoms with Crippen LogP contribution in [-0.4, -0.2) is 17.2 Å². The van der Waals surface area contributed by atoms with Crippen molar-refractivity contribution in [1.29, 1.82) is 0 Å². The fraction of sp³-hybridized carbons (Fsp3) is 0.300. The predicted molar refractivity (Wildman–Crippen MR) is 67.5 cm³/mol. The topological polar surface area (TPSA) is 26.3 Å². The largest absolute Gasteiger partial charge is 0.460 e. The number of benzene rings is 1. The molecule has 0 atom stereocenters. The summed E-state index contributed by atoms with van der Waals surface area (Å²) in [7, 11) is 0. The first-order valence-electron chi connectivity index (χ1n) is 4.47. The second kappa shape index (κ2) is 6.48. The summed E-state index contributed by atoms with van der Waals surface area (Å²) in [5.74, 6) is -1.58. The molecule has 1 aromatic carbocycles. The maximum Gasteiger partial charge on any atom is 0.442 e. The van der Waals surface area contributed by atoms with Gasteiger partial charge in [0.05, 0.1) is 0 Å². The van der Waals surface area contributed by atoms with Gasteiger partial charge in [-0.1, -0.05) is 12.1 Å². The standard InChI is InChI=1S/C10H8F3IO2S/c11-10(12,13)17-6-9(15)16-5-7-2-1-3-8(14)4-7/h1-4H,5-6H2. The van der Waals surface area contributed by atoms with Gasteiger partial charge in [0.15, 0.2) is 0 Å². The van der Waals surface area contributed by atoms with Crippen molar-refractivity contribution in [3.63, 3.8) is 0 Å². The number of ether oxygens (including phenoxy) is 1. The molecule has 94 valence electrons. The Labute approximate surface area is 114 Å². The summed E-state index contributed by atoms with van der Waals surface area (Å²) in [6.07, 6.45) is 0. The maximum atomic E-state index is 11.8. The van der Waals surface area contributed by atoms with Crippen LogP contribution in [0.1, 0.15) is 5.56 Å². The van der Waals surface area contributed by atoms with Crippen LogP contribution in [0.2, 0.25) is 0 Å². The smallest absolute Gasteiger partial charge is 0.442 e. The molecule has 7 heteroatoms. The van der Waals surface area contributed by atoms with Crippen LogP contribution in [0.3, 0.4) is 0 Å². The SMILES string of the molecule is O=C(CSC(F)(F)F)OCc1cccc(I)c1. The number of esters is 1. The summed E-state index contributed by atoms with van der Waals surface area (Å²) in [4.78, 5) is 11.0. The van der Waals surface area contributed by atoms with Gasteiger partial charge in [0.25, 0.3) is 0 Å². The summed E-state index contributed by atoms with van der Waals surface area (Å²) >= 11 is 1.70. The lowest BCUT2D eigenvalue weighted by molar-refractivity contribution is -0.141. The molecule has 0 radical (unpaired) electrons. The molecule has 0 aromatic heterocycles. The highest BCUT2D eigenvalue weighted by atomic mass is 127. The average Bonchev–Trinajstić information content (AvgIpc) is 2.23. The van der Waals surface area contributed by atoms with E-state index in [9.17, 15) is 18.0 Å². The van der Waals surface area contributed by atoms with Gasteiger partial charge in [-0.3, -0.25) is 4.79 Å². The Morgan fingerprint density at radius 1 is 1.41 bits per heavy atom. The molecule has 0 fully saturated rings. The number of carbonyl (C=O) groups is 1. The maximum absolute atomic E-state index is 11.8. The van der Waals surface area contributed by atoms with Gasteiger partial charge in [-0.2, -0.15) is 13.2 Å². The lowest BCUT2D eigenvalue weighted by Gasteiger charge is -2.06. The van der Waals surface area contributed by atoms with Crippen LogP contribution < -0.4 is 0 Å². The van der Waals surface area contributed by atoms with Gasteiger partial charge in [0, 0.05) is 3.57 Å². The molecular weight excluding hydrogens is 368 g/mol. The Bertz CT molecular complexity index is 395. The van der Waals surface area contributed by atoms with E-state index in [1.165, 1.54) is 0 Å². The molecule has 1 rings (SSSR count). The van der Waals surface area contributed by atoms with Gasteiger partial charge in [-0.25, -0.2) is 0 Å². The lowest BCUT2D eigenvalue weighted by atomic mass is 10.2. The van der Waals surface area contributed by atoms with E-state index in [-0.39, 0.29) is 6.61 Å². The first-order chi connectivity index (χ1) is 7.87. The zero-order valence-electron chi connectivity index (χ0n) is 8.46. The molecule has 0 aliphatic rings. The van der Waals surface area contributed by atoms with E-state index < -0.39 is 29.0 Å². The first kappa shape index (κ1) is 14.6. The van der Waals surface area contributed by atoms with Crippen LogP contribution in [0.4, 0.5) is 13.2 Å². The molecule has 2 nitrogen and oxygen atoms in total. The number of halogens is 4. The Morgan fingerprint density at radius 2 is 2.12 bits per heavy atom. The van der Waals surface area contributed by atoms with E-state index in [2.05, 4.69) is 22.6 Å². The van der Waals surface area contributed by atoms with E-state index in [1.54, 1.807) is 18.2 Å². The molecule has 0 bridgehead atoms. The zero-order chi connectivity index (χ0) is 12.9. The number of rotatable bonds is 4. The van der Waals surface area contributed by atoms with Gasteiger partial charge in [0.2, 0.25) is 0 Å². The summed E-state index contributed by atoms with van der Waals surface area (Å²) in [5, 5.41) is 0. The normalized spacial score (nSPS) is 11.3. The van der Waals surface area contributed by atoms with Crippen molar-refractivity contribution in [1.82, 2.24) is 0 Å². The van der Waals surface area contributed by atoms with E-state index >= 15 is 0 Å². The Morgan fingerprint density at radius 3 is 2.71 bits per heavy atom. The third-order valence-electron chi connectivity index (χ3n) is 1.64. The van der Waals surface area contributed by atoms with E-state index in [0.717, 1.165) is 9.13 Å². The highest BCUT2D eigenvalue weighted by Gasteiger charge is 2.29. The van der Waals surface area contributed by atoms with Crippen LogP contribution in [0, 0.1) is 3.57 Å². The van der Waals surface area contributed by atoms with Crippen molar-refractivity contribution in [2.45, 2.75) is 12.1 Å². The van der Waals surface area contributed by atoms with Crippen molar-refractivity contribution >= 4 is 40.3 Å². The predicted octanol–water partition coefficient (Wildman–Crippen LogP) is 3.59. The molecule has 1 aromatic rings. The van der Waals surface area contributed by atoms with Crippen molar-refractivity contribution in [2.75, 3.05) is 5.75 Å². The monoisotopic (exact) mass is 376 g/mol. The Kier molecular flexibility index (Phi) is 5.57. The second-order valence-corrected chi connectivity index (χ2v) is 5.31. The Balaban J connectivity index is 2.33. The highest BCUT2D eigenvalue weighted by Crippen LogP contribution is 2.29. The number of hydrogen-bond donors (Lipinski definition) is 0. The van der Waals surface area contributed by atoms with Gasteiger partial charge in [0.1, 0.15) is 12.4 Å². The van der Waals surface area contributed by atoms with Gasteiger partial charge in [-0.15, -0.1) is 0 Å². The minimum absolute atomic E-state index is 0.00586. The molecule has 0 unspecified atom stereocenters. The third kappa shape index (κ3) is 6.77. The van der Waals surface area contributed by atoms with Crippen molar-refractivity contribution in [3.05, 3.63) is 33.4 Å². The molecule has 0 aliphatic heterocycles. The van der Waals surface area contributed by atoms with E-state index in [1.807, 2.05) is 6.07 Å². The quantitative estimate of drug-likeness (QED) is 0.594. The number of thioether (sulfide) groups is 1. The van der Waals surface area contributed by atoms with Crippen LogP contribution in [0.5, 0.6) is 0 Å². The van der Waals surface area contributed by atoms with Crippen LogP contribution in [0.15, 0.2) is 24.3 Å². The zero-order valence-corrected chi connectivity index (χ0v) is 11.4. The number of hydrogen-bond acceptors (Lipinski definition) is 3. The lowest BCUT2D eigenvalue weighted by Crippen LogP contribution is -2.12. The molecule has 0 spiro atoms. The summed E-state index contributed by atoms with van der Waals surface area (Å²) in [6.45, 7) is -0.00586. The minimum Gasteiger partial charge on any atom is -0.460 e. The molecular formula is C10H8F3IO2S. The number of carbonyl (C=O) groups excluding carboxylic acids is 1. The molecule has 0 saturated carbocycles. The van der Waals surface area contributed by atoms with Gasteiger partial charge in [-0.05, 0) is 52.0 Å². The van der Waals surface area contributed by atoms with Gasteiger partial charge < -0.3 is 4.74 Å². The van der Waals surface area contributed by atoms with Crippen molar-refractivity contribution < 1.29 is 22.7 Å². The fourth-order valence-electron chi connectivity index (χ4n) is 0.973. The van der Waals surface area contributed by atoms with Crippen LogP contribution in [0.25, 0.3) is 0 Å². The molecule has 0 heterocycles. The molecule has 0 saturated heterocycles. The molecule has 0 aliphatic carbocycles. The van der Waals surface area contributed by atoms with Crippen molar-refractivity contribution in [2.24, 2.45) is 0 Å².